The molecule has 0 aromatic heterocycles. The van der Waals surface area contributed by atoms with Crippen LogP contribution in [0, 0.1) is 11.6 Å². The van der Waals surface area contributed by atoms with Gasteiger partial charge in [-0.05, 0) is 41.9 Å². The first kappa shape index (κ1) is 16.8. The van der Waals surface area contributed by atoms with Crippen LogP contribution < -0.4 is 11.3 Å². The van der Waals surface area contributed by atoms with Crippen molar-refractivity contribution < 1.29 is 13.5 Å². The second-order valence-electron chi connectivity index (χ2n) is 5.40. The molecule has 2 rings (SSSR count). The van der Waals surface area contributed by atoms with E-state index in [1.54, 1.807) is 0 Å². The van der Waals surface area contributed by atoms with Gasteiger partial charge in [-0.2, -0.15) is 0 Å². The van der Waals surface area contributed by atoms with Crippen LogP contribution in [-0.2, 0) is 4.74 Å². The van der Waals surface area contributed by atoms with Crippen molar-refractivity contribution >= 4 is 15.9 Å². The number of benzene rings is 1. The average Bonchev–Trinajstić information content (AvgIpc) is 2.47. The van der Waals surface area contributed by atoms with Crippen LogP contribution in [0.3, 0.4) is 0 Å². The molecule has 1 aromatic rings. The molecule has 21 heavy (non-hydrogen) atoms. The monoisotopic (exact) mass is 363 g/mol. The van der Waals surface area contributed by atoms with Crippen LogP contribution in [0.4, 0.5) is 8.78 Å². The molecule has 0 bridgehead atoms. The summed E-state index contributed by atoms with van der Waals surface area (Å²) in [6, 6.07) is 2.15. The van der Waals surface area contributed by atoms with Crippen LogP contribution in [0.15, 0.2) is 16.6 Å². The number of hydrogen-bond donors (Lipinski definition) is 2. The standard InChI is InChI=1S/C14H20BrF2N3O/c1-8(2)20-5-6-21-11(7-20)14(19-18)12-10(16)4-3-9(15)13(12)17/h3-4,8,11,14,19H,5-7,18H2,1-2H3. The SMILES string of the molecule is CC(C)N1CCOC(C(NN)c2c(F)ccc(Br)c2F)C1. The van der Waals surface area contributed by atoms with Gasteiger partial charge in [-0.1, -0.05) is 0 Å². The van der Waals surface area contributed by atoms with E-state index >= 15 is 0 Å². The van der Waals surface area contributed by atoms with E-state index in [0.717, 1.165) is 6.54 Å². The van der Waals surface area contributed by atoms with Crippen molar-refractivity contribution in [3.8, 4) is 0 Å². The van der Waals surface area contributed by atoms with Gasteiger partial charge in [0.05, 0.1) is 23.2 Å². The molecule has 0 amide bonds. The molecule has 3 N–H and O–H groups in total. The Labute approximate surface area is 131 Å². The molecule has 2 unspecified atom stereocenters. The summed E-state index contributed by atoms with van der Waals surface area (Å²) in [5, 5.41) is 0. The summed E-state index contributed by atoms with van der Waals surface area (Å²) >= 11 is 3.08. The maximum atomic E-state index is 14.3. The van der Waals surface area contributed by atoms with E-state index in [2.05, 4.69) is 40.1 Å². The summed E-state index contributed by atoms with van der Waals surface area (Å²) in [6.45, 7) is 6.03. The predicted molar refractivity (Wildman–Crippen MR) is 80.6 cm³/mol. The second-order valence-corrected chi connectivity index (χ2v) is 6.25. The zero-order valence-electron chi connectivity index (χ0n) is 12.1. The van der Waals surface area contributed by atoms with Crippen LogP contribution in [0.1, 0.15) is 25.5 Å². The van der Waals surface area contributed by atoms with Crippen LogP contribution in [-0.4, -0.2) is 36.7 Å². The first-order chi connectivity index (χ1) is 9.95. The van der Waals surface area contributed by atoms with Crippen molar-refractivity contribution in [3.05, 3.63) is 33.8 Å². The molecule has 7 heteroatoms. The predicted octanol–water partition coefficient (Wildman–Crippen LogP) is 2.34. The fourth-order valence-electron chi connectivity index (χ4n) is 2.57. The maximum absolute atomic E-state index is 14.3. The zero-order valence-corrected chi connectivity index (χ0v) is 13.7. The van der Waals surface area contributed by atoms with Gasteiger partial charge in [-0.15, -0.1) is 0 Å². The maximum Gasteiger partial charge on any atom is 0.145 e. The number of nitrogens with zero attached hydrogens (tertiary/aromatic N) is 1. The van der Waals surface area contributed by atoms with Gasteiger partial charge in [-0.3, -0.25) is 16.2 Å². The Morgan fingerprint density at radius 1 is 1.43 bits per heavy atom. The Balaban J connectivity index is 2.30. The molecule has 4 nitrogen and oxygen atoms in total. The number of hydrazine groups is 1. The fourth-order valence-corrected chi connectivity index (χ4v) is 2.92. The van der Waals surface area contributed by atoms with Crippen molar-refractivity contribution in [1.82, 2.24) is 10.3 Å². The van der Waals surface area contributed by atoms with E-state index < -0.39 is 23.8 Å². The third-order valence-electron chi connectivity index (χ3n) is 3.80. The molecule has 1 fully saturated rings. The molecule has 0 saturated carbocycles. The highest BCUT2D eigenvalue weighted by molar-refractivity contribution is 9.10. The number of halogens is 3. The normalized spacial score (nSPS) is 21.8. The molecule has 118 valence electrons. The molecule has 1 aliphatic heterocycles. The van der Waals surface area contributed by atoms with E-state index in [4.69, 9.17) is 10.6 Å². The number of nitrogens with one attached hydrogen (secondary N) is 1. The molecule has 1 saturated heterocycles. The Bertz CT molecular complexity index is 501. The number of nitrogens with two attached hydrogens (primary N) is 1. The highest BCUT2D eigenvalue weighted by atomic mass is 79.9. The molecule has 1 aromatic carbocycles. The van der Waals surface area contributed by atoms with Gasteiger partial charge in [0.1, 0.15) is 11.6 Å². The number of rotatable bonds is 4. The quantitative estimate of drug-likeness (QED) is 0.489. The Hall–Kier alpha value is -0.600. The van der Waals surface area contributed by atoms with E-state index in [9.17, 15) is 8.78 Å². The highest BCUT2D eigenvalue weighted by Gasteiger charge is 2.33. The fraction of sp³-hybridized carbons (Fsp3) is 0.571. The smallest absolute Gasteiger partial charge is 0.145 e. The van der Waals surface area contributed by atoms with Crippen molar-refractivity contribution in [2.24, 2.45) is 5.84 Å². The molecule has 0 radical (unpaired) electrons. The first-order valence-electron chi connectivity index (χ1n) is 6.90. The van der Waals surface area contributed by atoms with Crippen LogP contribution in [0.25, 0.3) is 0 Å². The van der Waals surface area contributed by atoms with Gasteiger partial charge in [0.25, 0.3) is 0 Å². The third-order valence-corrected chi connectivity index (χ3v) is 4.41. The Kier molecular flexibility index (Phi) is 5.67. The van der Waals surface area contributed by atoms with Gasteiger partial charge >= 0.3 is 0 Å². The number of ether oxygens (including phenoxy) is 1. The van der Waals surface area contributed by atoms with E-state index in [1.165, 1.54) is 12.1 Å². The van der Waals surface area contributed by atoms with Gasteiger partial charge in [0.2, 0.25) is 0 Å². The van der Waals surface area contributed by atoms with Crippen molar-refractivity contribution in [3.63, 3.8) is 0 Å². The minimum Gasteiger partial charge on any atom is -0.374 e. The Morgan fingerprint density at radius 2 is 2.14 bits per heavy atom. The summed E-state index contributed by atoms with van der Waals surface area (Å²) in [6.07, 6.45) is -0.413. The van der Waals surface area contributed by atoms with Crippen LogP contribution >= 0.6 is 15.9 Å². The lowest BCUT2D eigenvalue weighted by molar-refractivity contribution is -0.0571. The number of morpholine rings is 1. The summed E-state index contributed by atoms with van der Waals surface area (Å²) < 4.78 is 34.2. The zero-order chi connectivity index (χ0) is 15.6. The van der Waals surface area contributed by atoms with Gasteiger partial charge in [0, 0.05) is 24.7 Å². The largest absolute Gasteiger partial charge is 0.374 e. The van der Waals surface area contributed by atoms with E-state index in [0.29, 0.717) is 19.2 Å². The van der Waals surface area contributed by atoms with Gasteiger partial charge < -0.3 is 4.74 Å². The molecule has 2 atom stereocenters. The molecular formula is C14H20BrF2N3O. The minimum absolute atomic E-state index is 0.0949. The molecule has 0 aliphatic carbocycles. The summed E-state index contributed by atoms with van der Waals surface area (Å²) in [7, 11) is 0. The molecule has 0 spiro atoms. The average molecular weight is 364 g/mol. The molecule has 1 aliphatic rings. The van der Waals surface area contributed by atoms with Gasteiger partial charge in [0.15, 0.2) is 0 Å². The van der Waals surface area contributed by atoms with Crippen molar-refractivity contribution in [2.45, 2.75) is 32.0 Å². The van der Waals surface area contributed by atoms with E-state index in [1.807, 2.05) is 0 Å². The van der Waals surface area contributed by atoms with Crippen molar-refractivity contribution in [2.75, 3.05) is 19.7 Å². The summed E-state index contributed by atoms with van der Waals surface area (Å²) in [5.74, 6) is 4.26. The first-order valence-corrected chi connectivity index (χ1v) is 7.70. The number of hydrogen-bond acceptors (Lipinski definition) is 4. The summed E-state index contributed by atoms with van der Waals surface area (Å²) in [5.41, 5.74) is 2.41. The topological polar surface area (TPSA) is 50.5 Å². The van der Waals surface area contributed by atoms with Crippen molar-refractivity contribution in [1.29, 1.82) is 0 Å². The lowest BCUT2D eigenvalue weighted by Gasteiger charge is -2.39. The third kappa shape index (κ3) is 3.60. The highest BCUT2D eigenvalue weighted by Crippen LogP contribution is 2.30. The van der Waals surface area contributed by atoms with Crippen LogP contribution in [0.2, 0.25) is 0 Å². The van der Waals surface area contributed by atoms with E-state index in [-0.39, 0.29) is 10.0 Å². The molecular weight excluding hydrogens is 344 g/mol. The minimum atomic E-state index is -0.746. The van der Waals surface area contributed by atoms with Gasteiger partial charge in [-0.25, -0.2) is 8.78 Å². The lowest BCUT2D eigenvalue weighted by atomic mass is 9.99. The summed E-state index contributed by atoms with van der Waals surface area (Å²) in [4.78, 5) is 2.20. The second kappa shape index (κ2) is 7.11. The van der Waals surface area contributed by atoms with Crippen LogP contribution in [0.5, 0.6) is 0 Å². The lowest BCUT2D eigenvalue weighted by Crippen LogP contribution is -2.51. The Morgan fingerprint density at radius 3 is 2.76 bits per heavy atom. The molecule has 1 heterocycles.